The number of rotatable bonds is 4. The van der Waals surface area contributed by atoms with Gasteiger partial charge in [-0.3, -0.25) is 9.59 Å². The third kappa shape index (κ3) is 3.80. The van der Waals surface area contributed by atoms with Crippen molar-refractivity contribution in [2.75, 3.05) is 0 Å². The minimum Gasteiger partial charge on any atom is -0.352 e. The lowest BCUT2D eigenvalue weighted by atomic mass is 9.63. The number of carbonyl (C=O) groups excluding carboxylic acids is 2. The summed E-state index contributed by atoms with van der Waals surface area (Å²) >= 11 is 0. The third-order valence-corrected chi connectivity index (χ3v) is 6.32. The summed E-state index contributed by atoms with van der Waals surface area (Å²) in [4.78, 5) is 26.2. The van der Waals surface area contributed by atoms with Gasteiger partial charge in [0.1, 0.15) is 5.92 Å². The molecule has 1 saturated heterocycles. The van der Waals surface area contributed by atoms with E-state index in [-0.39, 0.29) is 23.7 Å². The van der Waals surface area contributed by atoms with Crippen LogP contribution in [0.5, 0.6) is 0 Å². The van der Waals surface area contributed by atoms with Crippen molar-refractivity contribution in [1.82, 2.24) is 5.32 Å². The van der Waals surface area contributed by atoms with Crippen LogP contribution in [0.25, 0.3) is 6.08 Å². The first-order valence-electron chi connectivity index (χ1n) is 10.3. The van der Waals surface area contributed by atoms with E-state index < -0.39 is 5.92 Å². The molecule has 2 fully saturated rings. The quantitative estimate of drug-likeness (QED) is 0.629. The van der Waals surface area contributed by atoms with Gasteiger partial charge in [-0.25, -0.2) is 0 Å². The van der Waals surface area contributed by atoms with Crippen LogP contribution in [0.15, 0.2) is 66.7 Å². The van der Waals surface area contributed by atoms with Crippen molar-refractivity contribution < 1.29 is 9.59 Å². The van der Waals surface area contributed by atoms with Gasteiger partial charge >= 0.3 is 0 Å². The SMILES string of the molecule is CC1CCC2NC(=O)C(C(=O)/C=C\c3ccccc3)C(c3ccccc3)C2C1. The molecule has 0 bridgehead atoms. The molecule has 144 valence electrons. The van der Waals surface area contributed by atoms with Gasteiger partial charge in [0.2, 0.25) is 5.91 Å². The second kappa shape index (κ2) is 8.14. The van der Waals surface area contributed by atoms with E-state index in [1.165, 1.54) is 0 Å². The maximum Gasteiger partial charge on any atom is 0.231 e. The van der Waals surface area contributed by atoms with E-state index in [9.17, 15) is 9.59 Å². The molecule has 0 spiro atoms. The van der Waals surface area contributed by atoms with Crippen LogP contribution in [0.4, 0.5) is 0 Å². The highest BCUT2D eigenvalue weighted by atomic mass is 16.2. The fourth-order valence-corrected chi connectivity index (χ4v) is 4.95. The molecule has 2 aromatic carbocycles. The van der Waals surface area contributed by atoms with Crippen LogP contribution in [-0.4, -0.2) is 17.7 Å². The smallest absolute Gasteiger partial charge is 0.231 e. The number of amides is 1. The number of hydrogen-bond donors (Lipinski definition) is 1. The highest BCUT2D eigenvalue weighted by Gasteiger charge is 2.48. The summed E-state index contributed by atoms with van der Waals surface area (Å²) in [5.74, 6) is -0.00946. The van der Waals surface area contributed by atoms with Crippen LogP contribution in [0.3, 0.4) is 0 Å². The van der Waals surface area contributed by atoms with Crippen LogP contribution < -0.4 is 5.32 Å². The lowest BCUT2D eigenvalue weighted by molar-refractivity contribution is -0.138. The highest BCUT2D eigenvalue weighted by Crippen LogP contribution is 2.45. The number of carbonyl (C=O) groups is 2. The van der Waals surface area contributed by atoms with Crippen molar-refractivity contribution in [2.45, 2.75) is 38.1 Å². The maximum atomic E-state index is 13.2. The summed E-state index contributed by atoms with van der Waals surface area (Å²) in [5.41, 5.74) is 2.07. The van der Waals surface area contributed by atoms with Crippen molar-refractivity contribution in [3.63, 3.8) is 0 Å². The summed E-state index contributed by atoms with van der Waals surface area (Å²) in [6.45, 7) is 2.28. The lowest BCUT2D eigenvalue weighted by Gasteiger charge is -2.46. The van der Waals surface area contributed by atoms with E-state index in [1.54, 1.807) is 6.08 Å². The fourth-order valence-electron chi connectivity index (χ4n) is 4.95. The van der Waals surface area contributed by atoms with E-state index in [0.29, 0.717) is 11.8 Å². The standard InChI is InChI=1S/C25H27NO2/c1-17-12-14-21-20(16-17)23(19-10-6-3-7-11-19)24(25(28)26-21)22(27)15-13-18-8-4-2-5-9-18/h2-11,13,15,17,20-21,23-24H,12,14,16H2,1H3,(H,26,28)/b15-13-. The summed E-state index contributed by atoms with van der Waals surface area (Å²) in [6, 6.07) is 20.1. The van der Waals surface area contributed by atoms with Gasteiger partial charge in [-0.1, -0.05) is 73.7 Å². The Bertz CT molecular complexity index is 859. The average Bonchev–Trinajstić information content (AvgIpc) is 2.73. The van der Waals surface area contributed by atoms with Gasteiger partial charge in [0.15, 0.2) is 5.78 Å². The molecule has 1 heterocycles. The summed E-state index contributed by atoms with van der Waals surface area (Å²) < 4.78 is 0. The number of benzene rings is 2. The van der Waals surface area contributed by atoms with Crippen LogP contribution in [0.1, 0.15) is 43.2 Å². The number of nitrogens with one attached hydrogen (secondary N) is 1. The molecule has 1 aliphatic heterocycles. The lowest BCUT2D eigenvalue weighted by Crippen LogP contribution is -2.57. The second-order valence-electron chi connectivity index (χ2n) is 8.26. The number of fused-ring (bicyclic) bond motifs is 1. The molecule has 5 unspecified atom stereocenters. The number of allylic oxidation sites excluding steroid dienone is 1. The third-order valence-electron chi connectivity index (χ3n) is 6.32. The van der Waals surface area contributed by atoms with E-state index >= 15 is 0 Å². The van der Waals surface area contributed by atoms with Gasteiger partial charge < -0.3 is 5.32 Å². The molecule has 0 aromatic heterocycles. The fraction of sp³-hybridized carbons (Fsp3) is 0.360. The van der Waals surface area contributed by atoms with Crippen molar-refractivity contribution in [1.29, 1.82) is 0 Å². The molecule has 3 heteroatoms. The van der Waals surface area contributed by atoms with Gasteiger partial charge in [0.05, 0.1) is 0 Å². The Morgan fingerprint density at radius 1 is 1.00 bits per heavy atom. The predicted octanol–water partition coefficient (Wildman–Crippen LogP) is 4.60. The monoisotopic (exact) mass is 373 g/mol. The van der Waals surface area contributed by atoms with E-state index in [1.807, 2.05) is 54.6 Å². The van der Waals surface area contributed by atoms with Crippen molar-refractivity contribution >= 4 is 17.8 Å². The molecule has 2 aliphatic rings. The first-order chi connectivity index (χ1) is 13.6. The molecular weight excluding hydrogens is 346 g/mol. The van der Waals surface area contributed by atoms with Gasteiger partial charge in [-0.05, 0) is 48.3 Å². The van der Waals surface area contributed by atoms with Crippen molar-refractivity contribution in [2.24, 2.45) is 17.8 Å². The first kappa shape index (κ1) is 18.7. The number of hydrogen-bond acceptors (Lipinski definition) is 2. The zero-order valence-corrected chi connectivity index (χ0v) is 16.3. The zero-order valence-electron chi connectivity index (χ0n) is 16.3. The molecule has 28 heavy (non-hydrogen) atoms. The van der Waals surface area contributed by atoms with E-state index in [0.717, 1.165) is 30.4 Å². The Labute approximate surface area is 166 Å². The molecular formula is C25H27NO2. The molecule has 1 aliphatic carbocycles. The zero-order chi connectivity index (χ0) is 19.5. The van der Waals surface area contributed by atoms with Crippen molar-refractivity contribution in [3.8, 4) is 0 Å². The molecule has 1 N–H and O–H groups in total. The van der Waals surface area contributed by atoms with E-state index in [4.69, 9.17) is 0 Å². The van der Waals surface area contributed by atoms with E-state index in [2.05, 4.69) is 24.4 Å². The van der Waals surface area contributed by atoms with Gasteiger partial charge in [-0.15, -0.1) is 0 Å². The van der Waals surface area contributed by atoms with Gasteiger partial charge in [0, 0.05) is 12.0 Å². The largest absolute Gasteiger partial charge is 0.352 e. The molecule has 4 rings (SSSR count). The van der Waals surface area contributed by atoms with Gasteiger partial charge in [0.25, 0.3) is 0 Å². The molecule has 1 saturated carbocycles. The Kier molecular flexibility index (Phi) is 5.43. The summed E-state index contributed by atoms with van der Waals surface area (Å²) in [7, 11) is 0. The Hall–Kier alpha value is -2.68. The average molecular weight is 373 g/mol. The molecule has 0 radical (unpaired) electrons. The summed E-state index contributed by atoms with van der Waals surface area (Å²) in [6.07, 6.45) is 6.59. The van der Waals surface area contributed by atoms with Gasteiger partial charge in [-0.2, -0.15) is 0 Å². The Morgan fingerprint density at radius 2 is 1.68 bits per heavy atom. The molecule has 3 nitrogen and oxygen atoms in total. The van der Waals surface area contributed by atoms with Crippen LogP contribution in [0.2, 0.25) is 0 Å². The predicted molar refractivity (Wildman–Crippen MR) is 112 cm³/mol. The number of ketones is 1. The minimum absolute atomic E-state index is 0.0596. The Balaban J connectivity index is 1.67. The topological polar surface area (TPSA) is 46.2 Å². The van der Waals surface area contributed by atoms with Crippen LogP contribution in [0, 0.1) is 17.8 Å². The first-order valence-corrected chi connectivity index (χ1v) is 10.3. The van der Waals surface area contributed by atoms with Crippen molar-refractivity contribution in [3.05, 3.63) is 77.9 Å². The normalized spacial score (nSPS) is 29.9. The minimum atomic E-state index is -0.658. The highest BCUT2D eigenvalue weighted by molar-refractivity contribution is 6.09. The second-order valence-corrected chi connectivity index (χ2v) is 8.26. The molecule has 2 aromatic rings. The number of piperidine rings is 1. The Morgan fingerprint density at radius 3 is 2.39 bits per heavy atom. The maximum absolute atomic E-state index is 13.2. The molecule has 5 atom stereocenters. The molecule has 1 amide bonds. The van der Waals surface area contributed by atoms with Crippen LogP contribution in [-0.2, 0) is 9.59 Å². The van der Waals surface area contributed by atoms with Crippen LogP contribution >= 0.6 is 0 Å². The summed E-state index contributed by atoms with van der Waals surface area (Å²) in [5, 5.41) is 3.17.